The summed E-state index contributed by atoms with van der Waals surface area (Å²) in [6, 6.07) is 0. The van der Waals surface area contributed by atoms with Gasteiger partial charge >= 0.3 is 0 Å². The number of carbonyl (C=O) groups is 2. The lowest BCUT2D eigenvalue weighted by Crippen LogP contribution is -2.64. The molecule has 16 atom stereocenters. The molecule has 15 heteroatoms. The van der Waals surface area contributed by atoms with E-state index < -0.39 is 79.3 Å². The molecule has 262 valence electrons. The number of aliphatic hydroxyl groups excluding tert-OH is 5. The number of fused-ring (bicyclic) bond motifs is 2. The van der Waals surface area contributed by atoms with E-state index in [1.165, 1.54) is 7.11 Å². The van der Waals surface area contributed by atoms with Crippen LogP contribution in [0.15, 0.2) is 4.99 Å². The van der Waals surface area contributed by atoms with Gasteiger partial charge in [-0.3, -0.25) is 14.6 Å². The molecule has 0 bridgehead atoms. The second kappa shape index (κ2) is 15.2. The van der Waals surface area contributed by atoms with Crippen molar-refractivity contribution in [1.82, 2.24) is 10.6 Å². The molecule has 11 N–H and O–H groups in total. The number of ether oxygens (including phenoxy) is 3. The number of guanidine groups is 1. The molecule has 0 spiro atoms. The van der Waals surface area contributed by atoms with Gasteiger partial charge in [-0.25, -0.2) is 0 Å². The normalized spacial score (nSPS) is 46.8. The summed E-state index contributed by atoms with van der Waals surface area (Å²) in [5.41, 5.74) is 12.0. The molecule has 2 aliphatic heterocycles. The number of carbonyl (C=O) groups excluding carboxylic acids is 2. The summed E-state index contributed by atoms with van der Waals surface area (Å²) >= 11 is 0. The molecule has 46 heavy (non-hydrogen) atoms. The van der Waals surface area contributed by atoms with Gasteiger partial charge in [0, 0.05) is 44.9 Å². The molecule has 0 radical (unpaired) electrons. The maximum Gasteiger partial charge on any atom is 0.188 e. The average Bonchev–Trinajstić information content (AvgIpc) is 3.05. The SMILES string of the molecule is CN=C(N)NCC1C(CCC2CCC(N)NC2)CC2C(=O)C3CC(OC)CC(OC4OC(CO)C(O)C(O)C4O)C3C(=O)C2C1O. The van der Waals surface area contributed by atoms with Crippen molar-refractivity contribution in [2.45, 2.75) is 100 Å². The van der Waals surface area contributed by atoms with E-state index in [4.69, 9.17) is 25.7 Å². The van der Waals surface area contributed by atoms with Gasteiger partial charge in [0.05, 0.1) is 42.9 Å². The first-order valence-corrected chi connectivity index (χ1v) is 16.7. The van der Waals surface area contributed by atoms with Gasteiger partial charge in [0.2, 0.25) is 0 Å². The van der Waals surface area contributed by atoms with E-state index in [0.29, 0.717) is 18.8 Å². The van der Waals surface area contributed by atoms with E-state index in [2.05, 4.69) is 15.6 Å². The lowest BCUT2D eigenvalue weighted by Gasteiger charge is -2.53. The van der Waals surface area contributed by atoms with E-state index >= 15 is 0 Å². The maximum atomic E-state index is 14.4. The predicted molar refractivity (Wildman–Crippen MR) is 164 cm³/mol. The Bertz CT molecular complexity index is 1090. The lowest BCUT2D eigenvalue weighted by molar-refractivity contribution is -0.319. The van der Waals surface area contributed by atoms with Gasteiger partial charge in [-0.05, 0) is 56.9 Å². The first kappa shape index (κ1) is 35.5. The zero-order valence-electron chi connectivity index (χ0n) is 26.7. The molecule has 0 aromatic heterocycles. The highest BCUT2D eigenvalue weighted by atomic mass is 16.7. The Balaban J connectivity index is 1.38. The smallest absolute Gasteiger partial charge is 0.188 e. The summed E-state index contributed by atoms with van der Waals surface area (Å²) in [7, 11) is 3.08. The highest BCUT2D eigenvalue weighted by molar-refractivity contribution is 6.00. The van der Waals surface area contributed by atoms with E-state index in [1.807, 2.05) is 0 Å². The minimum atomic E-state index is -1.67. The summed E-state index contributed by atoms with van der Waals surface area (Å²) < 4.78 is 17.4. The summed E-state index contributed by atoms with van der Waals surface area (Å²) in [6.45, 7) is 0.471. The Morgan fingerprint density at radius 1 is 1.00 bits per heavy atom. The Kier molecular flexibility index (Phi) is 11.7. The van der Waals surface area contributed by atoms with Crippen LogP contribution in [0.3, 0.4) is 0 Å². The minimum absolute atomic E-state index is 0.000478. The van der Waals surface area contributed by atoms with Gasteiger partial charge in [0.15, 0.2) is 12.2 Å². The summed E-state index contributed by atoms with van der Waals surface area (Å²) in [6.07, 6.45) is -5.52. The van der Waals surface area contributed by atoms with E-state index in [-0.39, 0.29) is 48.5 Å². The third-order valence-corrected chi connectivity index (χ3v) is 11.4. The standard InChI is InChI=1S/C31H53N5O10/c1-34-31(33)36-11-18-14(5-3-13-4-6-21(32)35-10-13)7-16-23(25(18)39)27(41)22-17(24(16)38)8-15(44-2)9-19(22)45-30-29(43)28(42)26(40)20(12-37)46-30/h13-23,25-26,28-30,35,37,39-40,42-43H,3-12,32H2,1-2H3,(H3,33,34,36). The molecule has 15 nitrogen and oxygen atoms in total. The lowest BCUT2D eigenvalue weighted by atomic mass is 9.53. The largest absolute Gasteiger partial charge is 0.394 e. The number of ketones is 2. The van der Waals surface area contributed by atoms with E-state index in [9.17, 15) is 35.1 Å². The van der Waals surface area contributed by atoms with Crippen LogP contribution in [0, 0.1) is 41.4 Å². The fraction of sp³-hybridized carbons (Fsp3) is 0.903. The fourth-order valence-corrected chi connectivity index (χ4v) is 8.69. The topological polar surface area (TPSA) is 251 Å². The fourth-order valence-electron chi connectivity index (χ4n) is 8.69. The highest BCUT2D eigenvalue weighted by Crippen LogP contribution is 2.51. The van der Waals surface area contributed by atoms with Gasteiger partial charge in [-0.1, -0.05) is 0 Å². The van der Waals surface area contributed by atoms with Crippen molar-refractivity contribution in [2.24, 2.45) is 57.9 Å². The number of rotatable bonds is 9. The number of methoxy groups -OCH3 is 1. The van der Waals surface area contributed by atoms with Crippen LogP contribution in [-0.4, -0.2) is 132 Å². The van der Waals surface area contributed by atoms with Crippen molar-refractivity contribution in [3.05, 3.63) is 0 Å². The van der Waals surface area contributed by atoms with Gasteiger partial charge in [0.25, 0.3) is 0 Å². The molecule has 2 heterocycles. The Morgan fingerprint density at radius 2 is 1.74 bits per heavy atom. The third kappa shape index (κ3) is 7.14. The van der Waals surface area contributed by atoms with Crippen LogP contribution in [0.4, 0.5) is 0 Å². The number of nitrogens with two attached hydrogens (primary N) is 2. The molecule has 2 saturated heterocycles. The number of Topliss-reactive ketones (excluding diaryl/α,β-unsaturated/α-hetero) is 2. The van der Waals surface area contributed by atoms with Crippen molar-refractivity contribution in [3.8, 4) is 0 Å². The van der Waals surface area contributed by atoms with Crippen LogP contribution in [0.2, 0.25) is 0 Å². The summed E-state index contributed by atoms with van der Waals surface area (Å²) in [4.78, 5) is 32.7. The summed E-state index contributed by atoms with van der Waals surface area (Å²) in [5.74, 6) is -3.42. The molecule has 5 fully saturated rings. The number of nitrogens with zero attached hydrogens (tertiary/aromatic N) is 1. The molecule has 5 rings (SSSR count). The van der Waals surface area contributed by atoms with Gasteiger partial charge in [-0.2, -0.15) is 0 Å². The van der Waals surface area contributed by atoms with Crippen LogP contribution in [0.1, 0.15) is 44.9 Å². The van der Waals surface area contributed by atoms with Crippen molar-refractivity contribution in [2.75, 3.05) is 33.9 Å². The first-order chi connectivity index (χ1) is 22.0. The molecule has 3 aliphatic carbocycles. The van der Waals surface area contributed by atoms with Crippen LogP contribution in [-0.2, 0) is 23.8 Å². The second-order valence-electron chi connectivity index (χ2n) is 13.9. The highest BCUT2D eigenvalue weighted by Gasteiger charge is 2.61. The maximum absolute atomic E-state index is 14.4. The molecule has 0 aromatic rings. The summed E-state index contributed by atoms with van der Waals surface area (Å²) in [5, 5.41) is 59.2. The van der Waals surface area contributed by atoms with Crippen LogP contribution in [0.5, 0.6) is 0 Å². The number of aliphatic hydroxyl groups is 5. The van der Waals surface area contributed by atoms with Gasteiger partial charge < -0.3 is 61.8 Å². The Hall–Kier alpha value is -1.79. The number of piperidine rings is 1. The van der Waals surface area contributed by atoms with E-state index in [0.717, 1.165) is 32.2 Å². The van der Waals surface area contributed by atoms with Crippen molar-refractivity contribution >= 4 is 17.5 Å². The molecule has 5 aliphatic rings. The zero-order chi connectivity index (χ0) is 33.3. The molecule has 0 amide bonds. The number of hydrogen-bond donors (Lipinski definition) is 9. The van der Waals surface area contributed by atoms with Gasteiger partial charge in [0.1, 0.15) is 36.0 Å². The van der Waals surface area contributed by atoms with Crippen LogP contribution in [0.25, 0.3) is 0 Å². The monoisotopic (exact) mass is 655 g/mol. The van der Waals surface area contributed by atoms with Crippen molar-refractivity contribution in [1.29, 1.82) is 0 Å². The molecule has 3 saturated carbocycles. The first-order valence-electron chi connectivity index (χ1n) is 16.7. The number of nitrogens with one attached hydrogen (secondary N) is 2. The van der Waals surface area contributed by atoms with Crippen molar-refractivity contribution < 1.29 is 49.3 Å². The Labute approximate surface area is 269 Å². The third-order valence-electron chi connectivity index (χ3n) is 11.4. The quantitative estimate of drug-likeness (QED) is 0.0899. The van der Waals surface area contributed by atoms with Gasteiger partial charge in [-0.15, -0.1) is 0 Å². The molecular weight excluding hydrogens is 602 g/mol. The zero-order valence-corrected chi connectivity index (χ0v) is 26.7. The Morgan fingerprint density at radius 3 is 2.39 bits per heavy atom. The minimum Gasteiger partial charge on any atom is -0.394 e. The van der Waals surface area contributed by atoms with E-state index in [1.54, 1.807) is 7.05 Å². The molecule has 16 unspecified atom stereocenters. The molecular formula is C31H53N5O10. The number of hydrogen-bond acceptors (Lipinski definition) is 13. The predicted octanol–water partition coefficient (Wildman–Crippen LogP) is -2.81. The van der Waals surface area contributed by atoms with Crippen LogP contribution < -0.4 is 22.1 Å². The average molecular weight is 656 g/mol. The second-order valence-corrected chi connectivity index (χ2v) is 13.9. The van der Waals surface area contributed by atoms with Crippen LogP contribution >= 0.6 is 0 Å². The number of aliphatic imine (C=N–C) groups is 1. The van der Waals surface area contributed by atoms with Crippen molar-refractivity contribution in [3.63, 3.8) is 0 Å². The molecule has 0 aromatic carbocycles.